The average molecular weight is 229 g/mol. The molecule has 1 aromatic rings. The van der Waals surface area contributed by atoms with Crippen molar-refractivity contribution in [1.29, 1.82) is 5.26 Å². The lowest BCUT2D eigenvalue weighted by molar-refractivity contribution is 0.0963. The Morgan fingerprint density at radius 1 is 1.35 bits per heavy atom. The number of nitrogens with zero attached hydrogens (tertiary/aromatic N) is 1. The normalized spacial score (nSPS) is 16.5. The maximum Gasteiger partial charge on any atom is 0.251 e. The molecule has 2 rings (SSSR count). The Kier molecular flexibility index (Phi) is 3.01. The van der Waals surface area contributed by atoms with Gasteiger partial charge in [0.15, 0.2) is 0 Å². The molecule has 17 heavy (non-hydrogen) atoms. The fraction of sp³-hybridized carbons (Fsp3) is 0.385. The number of carbonyl (C=O) groups is 1. The van der Waals surface area contributed by atoms with E-state index in [1.54, 1.807) is 19.2 Å². The molecule has 2 N–H and O–H groups in total. The van der Waals surface area contributed by atoms with Crippen LogP contribution in [0.15, 0.2) is 24.3 Å². The third-order valence-corrected chi connectivity index (χ3v) is 3.18. The molecular formula is C13H15N3O. The molecule has 0 heterocycles. The van der Waals surface area contributed by atoms with E-state index in [0.717, 1.165) is 24.9 Å². The quantitative estimate of drug-likeness (QED) is 0.832. The lowest BCUT2D eigenvalue weighted by Gasteiger charge is -2.36. The molecule has 1 fully saturated rings. The molecule has 1 aliphatic carbocycles. The van der Waals surface area contributed by atoms with Crippen LogP contribution in [0.4, 0.5) is 5.69 Å². The van der Waals surface area contributed by atoms with Crippen LogP contribution < -0.4 is 10.6 Å². The summed E-state index contributed by atoms with van der Waals surface area (Å²) < 4.78 is 0. The van der Waals surface area contributed by atoms with Crippen molar-refractivity contribution in [3.63, 3.8) is 0 Å². The SMILES string of the molecule is CNC(=O)c1ccc(NC2(C#N)CCC2)cc1. The van der Waals surface area contributed by atoms with Gasteiger partial charge in [-0.2, -0.15) is 5.26 Å². The molecule has 1 aliphatic rings. The third-order valence-electron chi connectivity index (χ3n) is 3.18. The summed E-state index contributed by atoms with van der Waals surface area (Å²) in [6.07, 6.45) is 2.87. The lowest BCUT2D eigenvalue weighted by atomic mass is 9.78. The second-order valence-corrected chi connectivity index (χ2v) is 4.33. The van der Waals surface area contributed by atoms with Gasteiger partial charge in [-0.25, -0.2) is 0 Å². The fourth-order valence-corrected chi connectivity index (χ4v) is 1.92. The highest BCUT2D eigenvalue weighted by Crippen LogP contribution is 2.34. The van der Waals surface area contributed by atoms with E-state index in [0.29, 0.717) is 5.56 Å². The first-order chi connectivity index (χ1) is 8.19. The molecule has 0 aliphatic heterocycles. The zero-order valence-electron chi connectivity index (χ0n) is 9.79. The highest BCUT2D eigenvalue weighted by molar-refractivity contribution is 5.94. The van der Waals surface area contributed by atoms with Crippen LogP contribution in [0, 0.1) is 11.3 Å². The zero-order valence-corrected chi connectivity index (χ0v) is 9.79. The average Bonchev–Trinajstić information content (AvgIpc) is 2.33. The van der Waals surface area contributed by atoms with Gasteiger partial charge in [0.2, 0.25) is 0 Å². The summed E-state index contributed by atoms with van der Waals surface area (Å²) in [7, 11) is 1.60. The van der Waals surface area contributed by atoms with Crippen LogP contribution in [0.3, 0.4) is 0 Å². The summed E-state index contributed by atoms with van der Waals surface area (Å²) in [4.78, 5) is 11.3. The smallest absolute Gasteiger partial charge is 0.251 e. The predicted molar refractivity (Wildman–Crippen MR) is 65.6 cm³/mol. The lowest BCUT2D eigenvalue weighted by Crippen LogP contribution is -2.43. The number of hydrogen-bond donors (Lipinski definition) is 2. The molecule has 1 amide bonds. The van der Waals surface area contributed by atoms with E-state index < -0.39 is 5.54 Å². The molecule has 0 unspecified atom stereocenters. The van der Waals surface area contributed by atoms with E-state index in [1.165, 1.54) is 0 Å². The summed E-state index contributed by atoms with van der Waals surface area (Å²) >= 11 is 0. The molecule has 0 aromatic heterocycles. The van der Waals surface area contributed by atoms with Crippen molar-refractivity contribution in [2.24, 2.45) is 0 Å². The molecule has 4 nitrogen and oxygen atoms in total. The van der Waals surface area contributed by atoms with Crippen LogP contribution in [0.5, 0.6) is 0 Å². The van der Waals surface area contributed by atoms with Gasteiger partial charge >= 0.3 is 0 Å². The van der Waals surface area contributed by atoms with E-state index in [9.17, 15) is 4.79 Å². The van der Waals surface area contributed by atoms with Gasteiger partial charge in [0.25, 0.3) is 5.91 Å². The third kappa shape index (κ3) is 2.23. The first-order valence-corrected chi connectivity index (χ1v) is 5.71. The molecular weight excluding hydrogens is 214 g/mol. The summed E-state index contributed by atoms with van der Waals surface area (Å²) in [5.41, 5.74) is 1.12. The van der Waals surface area contributed by atoms with Crippen LogP contribution >= 0.6 is 0 Å². The molecule has 0 spiro atoms. The van der Waals surface area contributed by atoms with Crippen LogP contribution in [0.2, 0.25) is 0 Å². The van der Waals surface area contributed by atoms with Gasteiger partial charge in [-0.05, 0) is 43.5 Å². The van der Waals surface area contributed by atoms with Crippen molar-refractivity contribution >= 4 is 11.6 Å². The Bertz CT molecular complexity index is 455. The maximum atomic E-state index is 11.3. The molecule has 4 heteroatoms. The van der Waals surface area contributed by atoms with Crippen molar-refractivity contribution in [1.82, 2.24) is 5.32 Å². The minimum absolute atomic E-state index is 0.102. The van der Waals surface area contributed by atoms with Crippen LogP contribution in [-0.4, -0.2) is 18.5 Å². The Morgan fingerprint density at radius 3 is 2.41 bits per heavy atom. The Labute approximate surface area is 101 Å². The monoisotopic (exact) mass is 229 g/mol. The highest BCUT2D eigenvalue weighted by Gasteiger charge is 2.36. The number of benzene rings is 1. The Balaban J connectivity index is 2.09. The largest absolute Gasteiger partial charge is 0.367 e. The van der Waals surface area contributed by atoms with Crippen LogP contribution in [0.1, 0.15) is 29.6 Å². The van der Waals surface area contributed by atoms with Gasteiger partial charge in [-0.3, -0.25) is 4.79 Å². The van der Waals surface area contributed by atoms with E-state index in [2.05, 4.69) is 16.7 Å². The fourth-order valence-electron chi connectivity index (χ4n) is 1.92. The van der Waals surface area contributed by atoms with Crippen LogP contribution in [-0.2, 0) is 0 Å². The van der Waals surface area contributed by atoms with Gasteiger partial charge in [0.05, 0.1) is 6.07 Å². The number of rotatable bonds is 3. The van der Waals surface area contributed by atoms with Crippen molar-refractivity contribution in [3.8, 4) is 6.07 Å². The standard InChI is InChI=1S/C13H15N3O/c1-15-12(17)10-3-5-11(6-4-10)16-13(9-14)7-2-8-13/h3-6,16H,2,7-8H2,1H3,(H,15,17). The molecule has 0 radical (unpaired) electrons. The van der Waals surface area contributed by atoms with Gasteiger partial charge < -0.3 is 10.6 Å². The number of anilines is 1. The van der Waals surface area contributed by atoms with Crippen molar-refractivity contribution < 1.29 is 4.79 Å². The summed E-state index contributed by atoms with van der Waals surface area (Å²) in [6.45, 7) is 0. The molecule has 0 atom stereocenters. The number of nitriles is 1. The molecule has 1 saturated carbocycles. The summed E-state index contributed by atoms with van der Waals surface area (Å²) in [5.74, 6) is -0.102. The number of nitrogens with one attached hydrogen (secondary N) is 2. The maximum absolute atomic E-state index is 11.3. The molecule has 88 valence electrons. The number of amides is 1. The highest BCUT2D eigenvalue weighted by atomic mass is 16.1. The zero-order chi connectivity index (χ0) is 12.3. The minimum Gasteiger partial charge on any atom is -0.367 e. The second kappa shape index (κ2) is 4.46. The Hall–Kier alpha value is -2.02. The Morgan fingerprint density at radius 2 is 2.00 bits per heavy atom. The van der Waals surface area contributed by atoms with Crippen LogP contribution in [0.25, 0.3) is 0 Å². The van der Waals surface area contributed by atoms with Gasteiger partial charge in [-0.1, -0.05) is 0 Å². The van der Waals surface area contributed by atoms with Gasteiger partial charge in [0, 0.05) is 18.3 Å². The molecule has 1 aromatic carbocycles. The first kappa shape index (κ1) is 11.5. The van der Waals surface area contributed by atoms with Gasteiger partial charge in [-0.15, -0.1) is 0 Å². The molecule has 0 saturated heterocycles. The summed E-state index contributed by atoms with van der Waals surface area (Å²) in [6, 6.07) is 9.50. The topological polar surface area (TPSA) is 64.9 Å². The van der Waals surface area contributed by atoms with Crippen molar-refractivity contribution in [2.45, 2.75) is 24.8 Å². The predicted octanol–water partition coefficient (Wildman–Crippen LogP) is 1.90. The number of carbonyl (C=O) groups excluding carboxylic acids is 1. The first-order valence-electron chi connectivity index (χ1n) is 5.71. The van der Waals surface area contributed by atoms with Crippen molar-refractivity contribution in [2.75, 3.05) is 12.4 Å². The minimum atomic E-state index is -0.394. The van der Waals surface area contributed by atoms with E-state index >= 15 is 0 Å². The van der Waals surface area contributed by atoms with Crippen molar-refractivity contribution in [3.05, 3.63) is 29.8 Å². The summed E-state index contributed by atoms with van der Waals surface area (Å²) in [5, 5.41) is 14.9. The van der Waals surface area contributed by atoms with Gasteiger partial charge in [0.1, 0.15) is 5.54 Å². The van der Waals surface area contributed by atoms with E-state index in [1.807, 2.05) is 12.1 Å². The van der Waals surface area contributed by atoms with E-state index in [4.69, 9.17) is 5.26 Å². The molecule has 0 bridgehead atoms. The second-order valence-electron chi connectivity index (χ2n) is 4.33. The van der Waals surface area contributed by atoms with E-state index in [-0.39, 0.29) is 5.91 Å². The number of hydrogen-bond acceptors (Lipinski definition) is 3.